The Hall–Kier alpha value is -1.46. The highest BCUT2D eigenvalue weighted by atomic mass is 17.0. The smallest absolute Gasteiger partial charge is 0.0100 e. The van der Waals surface area contributed by atoms with Crippen LogP contribution in [0.4, 0.5) is 0 Å². The summed E-state index contributed by atoms with van der Waals surface area (Å²) in [6.45, 7) is 7.40. The lowest BCUT2D eigenvalue weighted by Gasteiger charge is -1.98. The van der Waals surface area contributed by atoms with E-state index >= 15 is 0 Å². The molecule has 1 aromatic rings. The summed E-state index contributed by atoms with van der Waals surface area (Å²) < 4.78 is 0. The first-order chi connectivity index (χ1) is 7.86. The Morgan fingerprint density at radius 2 is 1.00 bits per heavy atom. The maximum atomic E-state index is 6.00. The minimum atomic E-state index is 0.953. The van der Waals surface area contributed by atoms with Gasteiger partial charge in [-0.25, -0.2) is 0 Å². The molecule has 0 aliphatic carbocycles. The molecule has 16 heavy (non-hydrogen) atoms. The molecule has 0 atom stereocenters. The molecule has 0 heterocycles. The van der Waals surface area contributed by atoms with Crippen LogP contribution in [0.3, 0.4) is 0 Å². The quantitative estimate of drug-likeness (QED) is 0.361. The van der Waals surface area contributed by atoms with Gasteiger partial charge in [-0.3, -0.25) is 21.0 Å². The van der Waals surface area contributed by atoms with Crippen molar-refractivity contribution in [3.63, 3.8) is 0 Å². The summed E-state index contributed by atoms with van der Waals surface area (Å²) in [4.78, 5) is 0. The monoisotopic (exact) mass is 226 g/mol. The number of hydrogen-bond acceptors (Lipinski definition) is 4. The average Bonchev–Trinajstić information content (AvgIpc) is 2.37. The minimum absolute atomic E-state index is 0.953. The Labute approximate surface area is 95.3 Å². The number of hydrogen-bond donors (Lipinski definition) is 4. The van der Waals surface area contributed by atoms with E-state index in [9.17, 15) is 0 Å². The summed E-state index contributed by atoms with van der Waals surface area (Å²) in [5.74, 6) is 0. The Morgan fingerprint density at radius 1 is 0.750 bits per heavy atom. The van der Waals surface area contributed by atoms with Gasteiger partial charge in [0.15, 0.2) is 0 Å². The van der Waals surface area contributed by atoms with Crippen LogP contribution in [-0.4, -0.2) is 21.0 Å². The molecule has 1 rings (SSSR count). The second-order valence-corrected chi connectivity index (χ2v) is 2.80. The summed E-state index contributed by atoms with van der Waals surface area (Å²) in [7, 11) is 0. The topological polar surface area (TPSA) is 80.9 Å². The van der Waals surface area contributed by atoms with Gasteiger partial charge in [0, 0.05) is 0 Å². The first-order valence-corrected chi connectivity index (χ1v) is 4.56. The van der Waals surface area contributed by atoms with Crippen LogP contribution in [0.25, 0.3) is 0 Å². The normalized spacial score (nSPS) is 7.75. The predicted molar refractivity (Wildman–Crippen MR) is 64.8 cm³/mol. The Kier molecular flexibility index (Phi) is 14.3. The number of rotatable bonds is 4. The standard InChI is InChI=1S/C12H14.2H2O2/c1-3-5-11-7-9-12(6-4-2)10-8-11;2*1-2/h3-4,7-10H,1-2,5-6H2;2*1-2H. The Balaban J connectivity index is 0. The van der Waals surface area contributed by atoms with Crippen LogP contribution in [0.1, 0.15) is 11.1 Å². The van der Waals surface area contributed by atoms with E-state index in [1.54, 1.807) is 0 Å². The average molecular weight is 226 g/mol. The number of allylic oxidation sites excluding steroid dienone is 2. The maximum Gasteiger partial charge on any atom is -0.0100 e. The van der Waals surface area contributed by atoms with Gasteiger partial charge in [-0.05, 0) is 24.0 Å². The summed E-state index contributed by atoms with van der Waals surface area (Å²) in [6, 6.07) is 8.56. The van der Waals surface area contributed by atoms with Gasteiger partial charge in [0.2, 0.25) is 0 Å². The van der Waals surface area contributed by atoms with E-state index in [1.165, 1.54) is 11.1 Å². The zero-order valence-electron chi connectivity index (χ0n) is 9.08. The van der Waals surface area contributed by atoms with Crippen molar-refractivity contribution in [3.8, 4) is 0 Å². The Bertz CT molecular complexity index is 238. The molecule has 0 unspecified atom stereocenters. The van der Waals surface area contributed by atoms with Gasteiger partial charge in [-0.15, -0.1) is 13.2 Å². The highest BCUT2D eigenvalue weighted by Crippen LogP contribution is 2.06. The van der Waals surface area contributed by atoms with Gasteiger partial charge < -0.3 is 0 Å². The molecule has 4 nitrogen and oxygen atoms in total. The largest absolute Gasteiger partial charge is 0.255 e. The Morgan fingerprint density at radius 3 is 1.19 bits per heavy atom. The van der Waals surface area contributed by atoms with Crippen molar-refractivity contribution >= 4 is 0 Å². The maximum absolute atomic E-state index is 6.00. The van der Waals surface area contributed by atoms with E-state index in [0.29, 0.717) is 0 Å². The molecule has 0 aliphatic rings. The molecule has 0 saturated heterocycles. The predicted octanol–water partition coefficient (Wildman–Crippen LogP) is 3.18. The summed E-state index contributed by atoms with van der Waals surface area (Å²) in [5.41, 5.74) is 2.63. The van der Waals surface area contributed by atoms with E-state index in [0.717, 1.165) is 12.8 Å². The second kappa shape index (κ2) is 13.5. The lowest BCUT2D eigenvalue weighted by atomic mass is 10.1. The highest BCUT2D eigenvalue weighted by Gasteiger charge is 1.90. The molecule has 0 fully saturated rings. The van der Waals surface area contributed by atoms with Gasteiger partial charge >= 0.3 is 0 Å². The van der Waals surface area contributed by atoms with Gasteiger partial charge in [-0.2, -0.15) is 0 Å². The molecule has 4 N–H and O–H groups in total. The third-order valence-corrected chi connectivity index (χ3v) is 1.78. The second-order valence-electron chi connectivity index (χ2n) is 2.80. The first-order valence-electron chi connectivity index (χ1n) is 4.56. The van der Waals surface area contributed by atoms with E-state index in [4.69, 9.17) is 21.0 Å². The van der Waals surface area contributed by atoms with Crippen molar-refractivity contribution in [3.05, 3.63) is 60.7 Å². The first kappa shape index (κ1) is 17.0. The zero-order valence-corrected chi connectivity index (χ0v) is 9.08. The van der Waals surface area contributed by atoms with E-state index < -0.39 is 0 Å². The summed E-state index contributed by atoms with van der Waals surface area (Å²) >= 11 is 0. The van der Waals surface area contributed by atoms with Crippen LogP contribution < -0.4 is 0 Å². The van der Waals surface area contributed by atoms with Crippen LogP contribution in [0.5, 0.6) is 0 Å². The third-order valence-electron chi connectivity index (χ3n) is 1.78. The van der Waals surface area contributed by atoms with E-state index in [1.807, 2.05) is 12.2 Å². The summed E-state index contributed by atoms with van der Waals surface area (Å²) in [6.07, 6.45) is 5.74. The van der Waals surface area contributed by atoms with Gasteiger partial charge in [0.1, 0.15) is 0 Å². The fraction of sp³-hybridized carbons (Fsp3) is 0.167. The molecule has 4 heteroatoms. The van der Waals surface area contributed by atoms with Crippen LogP contribution in [0.2, 0.25) is 0 Å². The molecule has 0 bridgehead atoms. The summed E-state index contributed by atoms with van der Waals surface area (Å²) in [5, 5.41) is 24.0. The van der Waals surface area contributed by atoms with Crippen molar-refractivity contribution in [1.29, 1.82) is 0 Å². The molecular formula is C12H18O4. The van der Waals surface area contributed by atoms with E-state index in [2.05, 4.69) is 37.4 Å². The lowest BCUT2D eigenvalue weighted by Crippen LogP contribution is -1.83. The van der Waals surface area contributed by atoms with Crippen LogP contribution in [0, 0.1) is 0 Å². The molecule has 90 valence electrons. The molecule has 0 spiro atoms. The third kappa shape index (κ3) is 7.90. The molecule has 1 aromatic carbocycles. The highest BCUT2D eigenvalue weighted by molar-refractivity contribution is 5.25. The lowest BCUT2D eigenvalue weighted by molar-refractivity contribution is -0.176. The molecular weight excluding hydrogens is 208 g/mol. The van der Waals surface area contributed by atoms with Crippen LogP contribution in [-0.2, 0) is 12.8 Å². The SMILES string of the molecule is C=CCc1ccc(CC=C)cc1.OO.OO. The zero-order chi connectivity index (χ0) is 12.8. The minimum Gasteiger partial charge on any atom is -0.255 e. The van der Waals surface area contributed by atoms with Gasteiger partial charge in [-0.1, -0.05) is 36.4 Å². The molecule has 0 aliphatic heterocycles. The fourth-order valence-corrected chi connectivity index (χ4v) is 1.14. The molecule has 0 radical (unpaired) electrons. The van der Waals surface area contributed by atoms with Gasteiger partial charge in [0.25, 0.3) is 0 Å². The van der Waals surface area contributed by atoms with Crippen molar-refractivity contribution in [2.75, 3.05) is 0 Å². The fourth-order valence-electron chi connectivity index (χ4n) is 1.14. The molecule has 0 aromatic heterocycles. The molecule has 0 saturated carbocycles. The van der Waals surface area contributed by atoms with Crippen LogP contribution in [0.15, 0.2) is 49.6 Å². The van der Waals surface area contributed by atoms with Gasteiger partial charge in [0.05, 0.1) is 0 Å². The molecule has 0 amide bonds. The van der Waals surface area contributed by atoms with Crippen molar-refractivity contribution in [2.45, 2.75) is 12.8 Å². The van der Waals surface area contributed by atoms with Crippen molar-refractivity contribution in [2.24, 2.45) is 0 Å². The van der Waals surface area contributed by atoms with Crippen molar-refractivity contribution in [1.82, 2.24) is 0 Å². The number of benzene rings is 1. The van der Waals surface area contributed by atoms with Crippen LogP contribution >= 0.6 is 0 Å². The van der Waals surface area contributed by atoms with E-state index in [-0.39, 0.29) is 0 Å². The van der Waals surface area contributed by atoms with Crippen molar-refractivity contribution < 1.29 is 21.0 Å².